The fraction of sp³-hybridized carbons (Fsp3) is 0.714. The molecule has 1 nitrogen and oxygen atoms in total. The Hall–Kier alpha value is -0.0100. The molecule has 0 rings (SSSR count). The van der Waals surface area contributed by atoms with E-state index < -0.39 is 0 Å². The van der Waals surface area contributed by atoms with Gasteiger partial charge in [0.15, 0.2) is 0 Å². The minimum Gasteiger partial charge on any atom is -0.311 e. The summed E-state index contributed by atoms with van der Waals surface area (Å²) in [5.74, 6) is 0.727. The molecule has 0 fully saturated rings. The Kier molecular flexibility index (Phi) is 6.11. The van der Waals surface area contributed by atoms with E-state index in [4.69, 9.17) is 11.6 Å². The van der Waals surface area contributed by atoms with E-state index in [2.05, 4.69) is 18.8 Å². The Morgan fingerprint density at radius 1 is 1.78 bits per heavy atom. The van der Waals surface area contributed by atoms with Gasteiger partial charge < -0.3 is 5.32 Å². The molecule has 0 saturated carbocycles. The lowest BCUT2D eigenvalue weighted by Gasteiger charge is -2.08. The molecule has 9 heavy (non-hydrogen) atoms. The number of alkyl halides is 1. The number of halogens is 1. The molecular weight excluding hydrogens is 134 g/mol. The molecule has 1 unspecified atom stereocenters. The molecule has 0 heterocycles. The molecule has 0 amide bonds. The molecule has 54 valence electrons. The SMILES string of the molecule is C=CCNC(C)CCCl. The van der Waals surface area contributed by atoms with Crippen LogP contribution in [0.2, 0.25) is 0 Å². The van der Waals surface area contributed by atoms with Crippen LogP contribution in [-0.2, 0) is 0 Å². The summed E-state index contributed by atoms with van der Waals surface area (Å²) < 4.78 is 0. The summed E-state index contributed by atoms with van der Waals surface area (Å²) in [7, 11) is 0. The molecule has 0 aliphatic heterocycles. The van der Waals surface area contributed by atoms with E-state index in [-0.39, 0.29) is 0 Å². The lowest BCUT2D eigenvalue weighted by atomic mass is 10.2. The molecular formula is C7H14ClN. The van der Waals surface area contributed by atoms with Gasteiger partial charge in [0, 0.05) is 18.5 Å². The zero-order valence-electron chi connectivity index (χ0n) is 5.86. The highest BCUT2D eigenvalue weighted by Crippen LogP contribution is 1.91. The van der Waals surface area contributed by atoms with Gasteiger partial charge >= 0.3 is 0 Å². The second kappa shape index (κ2) is 6.12. The Balaban J connectivity index is 3.04. The van der Waals surface area contributed by atoms with Crippen molar-refractivity contribution < 1.29 is 0 Å². The van der Waals surface area contributed by atoms with Gasteiger partial charge in [0.05, 0.1) is 0 Å². The normalized spacial score (nSPS) is 13.1. The Bertz CT molecular complexity index is 73.3. The quantitative estimate of drug-likeness (QED) is 0.462. The minimum atomic E-state index is 0.514. The first-order valence-corrected chi connectivity index (χ1v) is 3.75. The largest absolute Gasteiger partial charge is 0.311 e. The first kappa shape index (κ1) is 8.99. The van der Waals surface area contributed by atoms with E-state index in [1.807, 2.05) is 6.08 Å². The number of hydrogen-bond acceptors (Lipinski definition) is 1. The molecule has 0 saturated heterocycles. The zero-order valence-corrected chi connectivity index (χ0v) is 6.62. The Labute approximate surface area is 62.1 Å². The molecule has 0 aromatic heterocycles. The van der Waals surface area contributed by atoms with Gasteiger partial charge in [-0.3, -0.25) is 0 Å². The fourth-order valence-electron chi connectivity index (χ4n) is 0.550. The van der Waals surface area contributed by atoms with Crippen LogP contribution in [0.5, 0.6) is 0 Å². The summed E-state index contributed by atoms with van der Waals surface area (Å²) in [6.07, 6.45) is 2.88. The van der Waals surface area contributed by atoms with E-state index in [0.717, 1.165) is 18.8 Å². The van der Waals surface area contributed by atoms with E-state index in [9.17, 15) is 0 Å². The van der Waals surface area contributed by atoms with Gasteiger partial charge in [-0.15, -0.1) is 18.2 Å². The van der Waals surface area contributed by atoms with Gasteiger partial charge in [-0.25, -0.2) is 0 Å². The standard InChI is InChI=1S/C7H14ClN/c1-3-6-9-7(2)4-5-8/h3,7,9H,1,4-6H2,2H3. The summed E-state index contributed by atoms with van der Waals surface area (Å²) in [4.78, 5) is 0. The maximum Gasteiger partial charge on any atom is 0.0238 e. The van der Waals surface area contributed by atoms with Gasteiger partial charge in [0.2, 0.25) is 0 Å². The van der Waals surface area contributed by atoms with Crippen molar-refractivity contribution in [3.63, 3.8) is 0 Å². The zero-order chi connectivity index (χ0) is 7.11. The highest BCUT2D eigenvalue weighted by atomic mass is 35.5. The third-order valence-electron chi connectivity index (χ3n) is 1.15. The van der Waals surface area contributed by atoms with Crippen molar-refractivity contribution in [3.05, 3.63) is 12.7 Å². The van der Waals surface area contributed by atoms with Crippen LogP contribution < -0.4 is 5.32 Å². The number of hydrogen-bond donors (Lipinski definition) is 1. The molecule has 0 aromatic carbocycles. The molecule has 1 N–H and O–H groups in total. The van der Waals surface area contributed by atoms with Gasteiger partial charge in [-0.1, -0.05) is 6.08 Å². The Morgan fingerprint density at radius 2 is 2.44 bits per heavy atom. The predicted octanol–water partition coefficient (Wildman–Crippen LogP) is 1.78. The fourth-order valence-corrected chi connectivity index (χ4v) is 0.878. The van der Waals surface area contributed by atoms with E-state index >= 15 is 0 Å². The van der Waals surface area contributed by atoms with Crippen molar-refractivity contribution in [2.24, 2.45) is 0 Å². The van der Waals surface area contributed by atoms with E-state index in [1.165, 1.54) is 0 Å². The van der Waals surface area contributed by atoms with E-state index in [0.29, 0.717) is 6.04 Å². The van der Waals surface area contributed by atoms with Gasteiger partial charge in [-0.05, 0) is 13.3 Å². The van der Waals surface area contributed by atoms with Crippen molar-refractivity contribution in [1.82, 2.24) is 5.32 Å². The summed E-state index contributed by atoms with van der Waals surface area (Å²) in [6, 6.07) is 0.514. The summed E-state index contributed by atoms with van der Waals surface area (Å²) >= 11 is 5.51. The first-order chi connectivity index (χ1) is 4.31. The highest BCUT2D eigenvalue weighted by molar-refractivity contribution is 6.17. The topological polar surface area (TPSA) is 12.0 Å². The predicted molar refractivity (Wildman–Crippen MR) is 43.0 cm³/mol. The smallest absolute Gasteiger partial charge is 0.0238 e. The molecule has 0 bridgehead atoms. The molecule has 0 radical (unpaired) electrons. The van der Waals surface area contributed by atoms with Crippen molar-refractivity contribution in [1.29, 1.82) is 0 Å². The number of rotatable bonds is 5. The maximum absolute atomic E-state index is 5.51. The number of nitrogens with one attached hydrogen (secondary N) is 1. The van der Waals surface area contributed by atoms with Crippen molar-refractivity contribution in [2.45, 2.75) is 19.4 Å². The maximum atomic E-state index is 5.51. The molecule has 1 atom stereocenters. The lowest BCUT2D eigenvalue weighted by molar-refractivity contribution is 0.570. The molecule has 0 aromatic rings. The van der Waals surface area contributed by atoms with Gasteiger partial charge in [0.1, 0.15) is 0 Å². The summed E-state index contributed by atoms with van der Waals surface area (Å²) in [5.41, 5.74) is 0. The van der Waals surface area contributed by atoms with Crippen LogP contribution in [0.4, 0.5) is 0 Å². The molecule has 0 aliphatic carbocycles. The average Bonchev–Trinajstić information content (AvgIpc) is 1.85. The summed E-state index contributed by atoms with van der Waals surface area (Å²) in [5, 5.41) is 3.23. The van der Waals surface area contributed by atoms with Crippen LogP contribution >= 0.6 is 11.6 Å². The van der Waals surface area contributed by atoms with Crippen LogP contribution in [0.3, 0.4) is 0 Å². The average molecular weight is 148 g/mol. The van der Waals surface area contributed by atoms with Gasteiger partial charge in [-0.2, -0.15) is 0 Å². The van der Waals surface area contributed by atoms with Crippen LogP contribution in [0.1, 0.15) is 13.3 Å². The van der Waals surface area contributed by atoms with Crippen molar-refractivity contribution in [2.75, 3.05) is 12.4 Å². The minimum absolute atomic E-state index is 0.514. The van der Waals surface area contributed by atoms with Crippen LogP contribution in [-0.4, -0.2) is 18.5 Å². The Morgan fingerprint density at radius 3 is 2.89 bits per heavy atom. The van der Waals surface area contributed by atoms with Crippen LogP contribution in [0, 0.1) is 0 Å². The lowest BCUT2D eigenvalue weighted by Crippen LogP contribution is -2.26. The van der Waals surface area contributed by atoms with Crippen LogP contribution in [0.25, 0.3) is 0 Å². The van der Waals surface area contributed by atoms with Crippen molar-refractivity contribution in [3.8, 4) is 0 Å². The molecule has 2 heteroatoms. The summed E-state index contributed by atoms with van der Waals surface area (Å²) in [6.45, 7) is 6.59. The monoisotopic (exact) mass is 147 g/mol. The molecule has 0 spiro atoms. The molecule has 0 aliphatic rings. The second-order valence-corrected chi connectivity index (χ2v) is 2.45. The highest BCUT2D eigenvalue weighted by Gasteiger charge is 1.95. The van der Waals surface area contributed by atoms with Crippen LogP contribution in [0.15, 0.2) is 12.7 Å². The second-order valence-electron chi connectivity index (χ2n) is 2.08. The van der Waals surface area contributed by atoms with E-state index in [1.54, 1.807) is 0 Å². The van der Waals surface area contributed by atoms with Gasteiger partial charge in [0.25, 0.3) is 0 Å². The third kappa shape index (κ3) is 5.87. The third-order valence-corrected chi connectivity index (χ3v) is 1.37. The van der Waals surface area contributed by atoms with Crippen molar-refractivity contribution >= 4 is 11.6 Å². The first-order valence-electron chi connectivity index (χ1n) is 3.21.